The van der Waals surface area contributed by atoms with Crippen LogP contribution >= 0.6 is 0 Å². The van der Waals surface area contributed by atoms with Crippen molar-refractivity contribution < 1.29 is 9.53 Å². The van der Waals surface area contributed by atoms with E-state index in [9.17, 15) is 4.79 Å². The molecule has 1 saturated carbocycles. The van der Waals surface area contributed by atoms with Crippen LogP contribution in [0.5, 0.6) is 5.75 Å². The molecule has 86 valence electrons. The maximum Gasteiger partial charge on any atom is 0.173 e. The highest BCUT2D eigenvalue weighted by Gasteiger charge is 2.29. The predicted molar refractivity (Wildman–Crippen MR) is 63.9 cm³/mol. The van der Waals surface area contributed by atoms with E-state index in [-0.39, 0.29) is 18.3 Å². The summed E-state index contributed by atoms with van der Waals surface area (Å²) >= 11 is 0. The standard InChI is InChI=1S/C14H18O2/c1-9-4-5-10(2)14(11(9)3)16-8-13(15)12-6-7-12/h4-5,12H,6-8H2,1-3H3. The molecule has 0 spiro atoms. The highest BCUT2D eigenvalue weighted by atomic mass is 16.5. The van der Waals surface area contributed by atoms with Gasteiger partial charge in [-0.2, -0.15) is 0 Å². The molecule has 0 radical (unpaired) electrons. The Morgan fingerprint density at radius 2 is 1.88 bits per heavy atom. The predicted octanol–water partition coefficient (Wildman–Crippen LogP) is 2.97. The van der Waals surface area contributed by atoms with Crippen LogP contribution in [0.25, 0.3) is 0 Å². The minimum absolute atomic E-state index is 0.232. The Morgan fingerprint density at radius 1 is 1.25 bits per heavy atom. The number of ketones is 1. The molecule has 1 aromatic carbocycles. The van der Waals surface area contributed by atoms with Crippen LogP contribution in [-0.2, 0) is 4.79 Å². The largest absolute Gasteiger partial charge is 0.485 e. The van der Waals surface area contributed by atoms with Gasteiger partial charge in [0.2, 0.25) is 0 Å². The third kappa shape index (κ3) is 2.26. The molecule has 2 nitrogen and oxygen atoms in total. The molecule has 0 N–H and O–H groups in total. The summed E-state index contributed by atoms with van der Waals surface area (Å²) in [7, 11) is 0. The zero-order chi connectivity index (χ0) is 11.7. The highest BCUT2D eigenvalue weighted by Crippen LogP contribution is 2.31. The van der Waals surface area contributed by atoms with Crippen molar-refractivity contribution in [1.82, 2.24) is 0 Å². The van der Waals surface area contributed by atoms with Crippen molar-refractivity contribution >= 4 is 5.78 Å². The molecule has 0 aromatic heterocycles. The first kappa shape index (κ1) is 11.2. The molecule has 0 saturated heterocycles. The van der Waals surface area contributed by atoms with Gasteiger partial charge in [-0.05, 0) is 50.3 Å². The molecule has 1 fully saturated rings. The second-order valence-corrected chi connectivity index (χ2v) is 4.68. The molecule has 0 aliphatic heterocycles. The van der Waals surface area contributed by atoms with E-state index in [1.54, 1.807) is 0 Å². The Labute approximate surface area is 96.6 Å². The van der Waals surface area contributed by atoms with Gasteiger partial charge in [0.05, 0.1) is 0 Å². The van der Waals surface area contributed by atoms with Gasteiger partial charge in [0, 0.05) is 5.92 Å². The van der Waals surface area contributed by atoms with E-state index in [0.29, 0.717) is 0 Å². The van der Waals surface area contributed by atoms with Crippen LogP contribution in [0.4, 0.5) is 0 Å². The van der Waals surface area contributed by atoms with Crippen LogP contribution in [0, 0.1) is 26.7 Å². The van der Waals surface area contributed by atoms with Gasteiger partial charge < -0.3 is 4.74 Å². The summed E-state index contributed by atoms with van der Waals surface area (Å²) in [6.07, 6.45) is 2.10. The van der Waals surface area contributed by atoms with E-state index in [1.807, 2.05) is 19.9 Å². The van der Waals surface area contributed by atoms with Gasteiger partial charge in [0.15, 0.2) is 5.78 Å². The highest BCUT2D eigenvalue weighted by molar-refractivity contribution is 5.84. The lowest BCUT2D eigenvalue weighted by Crippen LogP contribution is -2.14. The maximum absolute atomic E-state index is 11.6. The van der Waals surface area contributed by atoms with Gasteiger partial charge in [0.25, 0.3) is 0 Å². The van der Waals surface area contributed by atoms with Crippen LogP contribution in [0.3, 0.4) is 0 Å². The normalized spacial score (nSPS) is 14.9. The lowest BCUT2D eigenvalue weighted by Gasteiger charge is -2.13. The molecule has 0 heterocycles. The number of ether oxygens (including phenoxy) is 1. The Balaban J connectivity index is 2.08. The van der Waals surface area contributed by atoms with Gasteiger partial charge in [-0.25, -0.2) is 0 Å². The lowest BCUT2D eigenvalue weighted by atomic mass is 10.1. The Morgan fingerprint density at radius 3 is 2.50 bits per heavy atom. The number of hydrogen-bond donors (Lipinski definition) is 0. The van der Waals surface area contributed by atoms with Crippen molar-refractivity contribution in [3.8, 4) is 5.75 Å². The van der Waals surface area contributed by atoms with Gasteiger partial charge in [-0.1, -0.05) is 12.1 Å². The maximum atomic E-state index is 11.6. The SMILES string of the molecule is Cc1ccc(C)c(OCC(=O)C2CC2)c1C. The van der Waals surface area contributed by atoms with Crippen LogP contribution in [0.2, 0.25) is 0 Å². The minimum atomic E-state index is 0.232. The monoisotopic (exact) mass is 218 g/mol. The zero-order valence-electron chi connectivity index (χ0n) is 10.2. The zero-order valence-corrected chi connectivity index (χ0v) is 10.2. The lowest BCUT2D eigenvalue weighted by molar-refractivity contribution is -0.122. The van der Waals surface area contributed by atoms with E-state index >= 15 is 0 Å². The van der Waals surface area contributed by atoms with Crippen molar-refractivity contribution in [3.63, 3.8) is 0 Å². The molecule has 0 amide bonds. The first-order valence-electron chi connectivity index (χ1n) is 5.82. The van der Waals surface area contributed by atoms with E-state index in [2.05, 4.69) is 13.0 Å². The van der Waals surface area contributed by atoms with E-state index < -0.39 is 0 Å². The van der Waals surface area contributed by atoms with Crippen molar-refractivity contribution in [2.24, 2.45) is 5.92 Å². The van der Waals surface area contributed by atoms with Crippen LogP contribution in [-0.4, -0.2) is 12.4 Å². The molecule has 2 rings (SSSR count). The summed E-state index contributed by atoms with van der Waals surface area (Å²) in [5.41, 5.74) is 3.45. The second-order valence-electron chi connectivity index (χ2n) is 4.68. The van der Waals surface area contributed by atoms with E-state index in [1.165, 1.54) is 5.56 Å². The van der Waals surface area contributed by atoms with Gasteiger partial charge in [-0.3, -0.25) is 4.79 Å². The Hall–Kier alpha value is -1.31. The molecule has 0 unspecified atom stereocenters. The number of benzene rings is 1. The van der Waals surface area contributed by atoms with Crippen molar-refractivity contribution in [3.05, 3.63) is 28.8 Å². The van der Waals surface area contributed by atoms with Gasteiger partial charge >= 0.3 is 0 Å². The van der Waals surface area contributed by atoms with Crippen molar-refractivity contribution in [1.29, 1.82) is 0 Å². The summed E-state index contributed by atoms with van der Waals surface area (Å²) in [4.78, 5) is 11.6. The third-order valence-electron chi connectivity index (χ3n) is 3.27. The molecular weight excluding hydrogens is 200 g/mol. The topological polar surface area (TPSA) is 26.3 Å². The quantitative estimate of drug-likeness (QED) is 0.776. The summed E-state index contributed by atoms with van der Waals surface area (Å²) in [5, 5.41) is 0. The third-order valence-corrected chi connectivity index (χ3v) is 3.27. The minimum Gasteiger partial charge on any atom is -0.485 e. The molecule has 0 bridgehead atoms. The molecule has 1 aliphatic carbocycles. The average molecular weight is 218 g/mol. The summed E-state index contributed by atoms with van der Waals surface area (Å²) in [6, 6.07) is 4.12. The molecule has 0 atom stereocenters. The van der Waals surface area contributed by atoms with Crippen molar-refractivity contribution in [2.45, 2.75) is 33.6 Å². The fraction of sp³-hybridized carbons (Fsp3) is 0.500. The molecule has 1 aromatic rings. The van der Waals surface area contributed by atoms with E-state index in [0.717, 1.165) is 29.7 Å². The average Bonchev–Trinajstić information content (AvgIpc) is 3.07. The number of hydrogen-bond acceptors (Lipinski definition) is 2. The van der Waals surface area contributed by atoms with E-state index in [4.69, 9.17) is 4.74 Å². The Bertz CT molecular complexity index is 417. The van der Waals surface area contributed by atoms with Crippen molar-refractivity contribution in [2.75, 3.05) is 6.61 Å². The molecule has 16 heavy (non-hydrogen) atoms. The molecule has 2 heteroatoms. The number of Topliss-reactive ketones (excluding diaryl/α,β-unsaturated/α-hetero) is 1. The smallest absolute Gasteiger partial charge is 0.173 e. The number of carbonyl (C=O) groups excluding carboxylic acids is 1. The van der Waals surface area contributed by atoms with Crippen LogP contribution in [0.15, 0.2) is 12.1 Å². The first-order valence-corrected chi connectivity index (χ1v) is 5.82. The number of carbonyl (C=O) groups is 1. The van der Waals surface area contributed by atoms with Crippen LogP contribution in [0.1, 0.15) is 29.5 Å². The summed E-state index contributed by atoms with van der Waals surface area (Å²) in [6.45, 7) is 6.35. The van der Waals surface area contributed by atoms with Crippen LogP contribution < -0.4 is 4.74 Å². The fourth-order valence-corrected chi connectivity index (χ4v) is 1.81. The second kappa shape index (κ2) is 4.28. The summed E-state index contributed by atoms with van der Waals surface area (Å²) < 4.78 is 5.66. The van der Waals surface area contributed by atoms with Gasteiger partial charge in [-0.15, -0.1) is 0 Å². The number of aryl methyl sites for hydroxylation is 2. The van der Waals surface area contributed by atoms with Gasteiger partial charge in [0.1, 0.15) is 12.4 Å². The summed E-state index contributed by atoms with van der Waals surface area (Å²) in [5.74, 6) is 1.42. The molecule has 1 aliphatic rings. The Kier molecular flexibility index (Phi) is 2.99. The molecular formula is C14H18O2. The number of rotatable bonds is 4. The fourth-order valence-electron chi connectivity index (χ4n) is 1.81. The first-order chi connectivity index (χ1) is 7.59.